The SMILES string of the molecule is CCOC(=O)[C@H]1CCCN(c2nc(Nc3ccc(C)cc3)c3n[nH]nc3n2)C1. The fourth-order valence-corrected chi connectivity index (χ4v) is 3.35. The number of esters is 1. The number of benzene rings is 1. The molecule has 1 aliphatic heterocycles. The highest BCUT2D eigenvalue weighted by atomic mass is 16.5. The summed E-state index contributed by atoms with van der Waals surface area (Å²) < 4.78 is 5.19. The zero-order chi connectivity index (χ0) is 19.5. The topological polar surface area (TPSA) is 109 Å². The number of aromatic amines is 1. The van der Waals surface area contributed by atoms with E-state index in [-0.39, 0.29) is 11.9 Å². The molecule has 1 atom stereocenters. The van der Waals surface area contributed by atoms with Crippen LogP contribution in [0.2, 0.25) is 0 Å². The molecule has 0 saturated carbocycles. The molecule has 3 aromatic rings. The molecule has 28 heavy (non-hydrogen) atoms. The normalized spacial score (nSPS) is 16.9. The monoisotopic (exact) mass is 381 g/mol. The van der Waals surface area contributed by atoms with Crippen LogP contribution in [0.5, 0.6) is 0 Å². The summed E-state index contributed by atoms with van der Waals surface area (Å²) in [4.78, 5) is 23.4. The van der Waals surface area contributed by atoms with Gasteiger partial charge in [0, 0.05) is 18.8 Å². The van der Waals surface area contributed by atoms with E-state index in [0.717, 1.165) is 25.1 Å². The van der Waals surface area contributed by atoms with Crippen molar-refractivity contribution in [1.29, 1.82) is 0 Å². The lowest BCUT2D eigenvalue weighted by molar-refractivity contribution is -0.148. The summed E-state index contributed by atoms with van der Waals surface area (Å²) in [6, 6.07) is 8.03. The molecule has 0 radical (unpaired) electrons. The smallest absolute Gasteiger partial charge is 0.310 e. The first-order chi connectivity index (χ1) is 13.6. The molecule has 146 valence electrons. The summed E-state index contributed by atoms with van der Waals surface area (Å²) in [5, 5.41) is 14.2. The molecule has 4 rings (SSSR count). The first-order valence-electron chi connectivity index (χ1n) is 9.48. The van der Waals surface area contributed by atoms with E-state index in [9.17, 15) is 4.79 Å². The molecular weight excluding hydrogens is 358 g/mol. The number of ether oxygens (including phenoxy) is 1. The fourth-order valence-electron chi connectivity index (χ4n) is 3.35. The number of nitrogens with one attached hydrogen (secondary N) is 2. The van der Waals surface area contributed by atoms with E-state index in [1.165, 1.54) is 5.56 Å². The number of nitrogens with zero attached hydrogens (tertiary/aromatic N) is 5. The second-order valence-corrected chi connectivity index (χ2v) is 6.90. The Hall–Kier alpha value is -3.23. The summed E-state index contributed by atoms with van der Waals surface area (Å²) in [7, 11) is 0. The maximum Gasteiger partial charge on any atom is 0.310 e. The summed E-state index contributed by atoms with van der Waals surface area (Å²) in [5.41, 5.74) is 3.14. The summed E-state index contributed by atoms with van der Waals surface area (Å²) in [6.45, 7) is 5.57. The molecule has 9 nitrogen and oxygen atoms in total. The van der Waals surface area contributed by atoms with Gasteiger partial charge in [-0.05, 0) is 38.8 Å². The van der Waals surface area contributed by atoms with Crippen molar-refractivity contribution in [3.8, 4) is 0 Å². The number of H-pyrrole nitrogens is 1. The Balaban J connectivity index is 1.62. The van der Waals surface area contributed by atoms with Crippen molar-refractivity contribution < 1.29 is 9.53 Å². The lowest BCUT2D eigenvalue weighted by atomic mass is 9.98. The maximum atomic E-state index is 12.2. The van der Waals surface area contributed by atoms with Gasteiger partial charge in [0.2, 0.25) is 11.6 Å². The Bertz CT molecular complexity index is 970. The van der Waals surface area contributed by atoms with Gasteiger partial charge in [0.05, 0.1) is 12.5 Å². The van der Waals surface area contributed by atoms with Crippen molar-refractivity contribution >= 4 is 34.6 Å². The zero-order valence-electron chi connectivity index (χ0n) is 16.0. The van der Waals surface area contributed by atoms with Gasteiger partial charge in [0.15, 0.2) is 11.3 Å². The Morgan fingerprint density at radius 1 is 1.29 bits per heavy atom. The van der Waals surface area contributed by atoms with Gasteiger partial charge in [-0.1, -0.05) is 17.7 Å². The number of carbonyl (C=O) groups is 1. The van der Waals surface area contributed by atoms with E-state index >= 15 is 0 Å². The number of aromatic nitrogens is 5. The average molecular weight is 381 g/mol. The van der Waals surface area contributed by atoms with Crippen LogP contribution in [0.25, 0.3) is 11.2 Å². The summed E-state index contributed by atoms with van der Waals surface area (Å²) >= 11 is 0. The molecule has 2 N–H and O–H groups in total. The van der Waals surface area contributed by atoms with Crippen LogP contribution in [0.4, 0.5) is 17.5 Å². The average Bonchev–Trinajstić information content (AvgIpc) is 3.19. The number of piperidine rings is 1. The van der Waals surface area contributed by atoms with E-state index in [1.54, 1.807) is 0 Å². The number of hydrogen-bond donors (Lipinski definition) is 2. The lowest BCUT2D eigenvalue weighted by Crippen LogP contribution is -2.40. The van der Waals surface area contributed by atoms with Crippen LogP contribution < -0.4 is 10.2 Å². The van der Waals surface area contributed by atoms with Crippen LogP contribution in [-0.4, -0.2) is 51.0 Å². The van der Waals surface area contributed by atoms with Crippen LogP contribution in [-0.2, 0) is 9.53 Å². The van der Waals surface area contributed by atoms with E-state index in [1.807, 2.05) is 43.0 Å². The molecule has 0 bridgehead atoms. The minimum atomic E-state index is -0.168. The molecule has 0 unspecified atom stereocenters. The molecule has 0 spiro atoms. The maximum absolute atomic E-state index is 12.2. The van der Waals surface area contributed by atoms with E-state index in [4.69, 9.17) is 4.74 Å². The van der Waals surface area contributed by atoms with Crippen molar-refractivity contribution in [2.75, 3.05) is 29.9 Å². The predicted molar refractivity (Wildman–Crippen MR) is 106 cm³/mol. The first-order valence-corrected chi connectivity index (χ1v) is 9.48. The molecule has 1 aromatic carbocycles. The molecule has 0 amide bonds. The van der Waals surface area contributed by atoms with Crippen LogP contribution in [0.3, 0.4) is 0 Å². The van der Waals surface area contributed by atoms with Crippen LogP contribution in [0.15, 0.2) is 24.3 Å². The molecule has 1 saturated heterocycles. The van der Waals surface area contributed by atoms with Gasteiger partial charge in [-0.15, -0.1) is 5.10 Å². The number of aryl methyl sites for hydroxylation is 1. The van der Waals surface area contributed by atoms with Crippen molar-refractivity contribution in [1.82, 2.24) is 25.4 Å². The van der Waals surface area contributed by atoms with Crippen molar-refractivity contribution in [3.05, 3.63) is 29.8 Å². The number of anilines is 3. The standard InChI is InChI=1S/C19H23N7O2/c1-3-28-18(27)13-5-4-10-26(11-13)19-21-16(15-17(22-19)24-25-23-15)20-14-8-6-12(2)7-9-14/h6-9,13H,3-5,10-11H2,1-2H3,(H2,20,21,22,23,24,25)/t13-/m0/s1. The molecule has 9 heteroatoms. The quantitative estimate of drug-likeness (QED) is 0.649. The van der Waals surface area contributed by atoms with Crippen LogP contribution in [0.1, 0.15) is 25.3 Å². The largest absolute Gasteiger partial charge is 0.466 e. The Kier molecular flexibility index (Phi) is 5.05. The van der Waals surface area contributed by atoms with E-state index in [2.05, 4.69) is 30.7 Å². The molecular formula is C19H23N7O2. The number of rotatable bonds is 5. The van der Waals surface area contributed by atoms with Gasteiger partial charge in [-0.25, -0.2) is 0 Å². The molecule has 2 aromatic heterocycles. The van der Waals surface area contributed by atoms with Crippen molar-refractivity contribution in [2.24, 2.45) is 5.92 Å². The summed E-state index contributed by atoms with van der Waals surface area (Å²) in [5.74, 6) is 0.785. The Morgan fingerprint density at radius 3 is 2.89 bits per heavy atom. The third-order valence-corrected chi connectivity index (χ3v) is 4.81. The van der Waals surface area contributed by atoms with Gasteiger partial charge in [-0.2, -0.15) is 20.3 Å². The molecule has 0 aliphatic carbocycles. The van der Waals surface area contributed by atoms with Gasteiger partial charge in [0.1, 0.15) is 0 Å². The lowest BCUT2D eigenvalue weighted by Gasteiger charge is -2.31. The van der Waals surface area contributed by atoms with Crippen LogP contribution in [0, 0.1) is 12.8 Å². The molecule has 3 heterocycles. The predicted octanol–water partition coefficient (Wildman–Crippen LogP) is 2.58. The van der Waals surface area contributed by atoms with Gasteiger partial charge in [0.25, 0.3) is 0 Å². The van der Waals surface area contributed by atoms with E-state index < -0.39 is 0 Å². The van der Waals surface area contributed by atoms with Crippen LogP contribution >= 0.6 is 0 Å². The van der Waals surface area contributed by atoms with Crippen molar-refractivity contribution in [3.63, 3.8) is 0 Å². The Labute approximate surface area is 162 Å². The molecule has 1 fully saturated rings. The minimum absolute atomic E-state index is 0.160. The third-order valence-electron chi connectivity index (χ3n) is 4.81. The number of hydrogen-bond acceptors (Lipinski definition) is 8. The van der Waals surface area contributed by atoms with Crippen molar-refractivity contribution in [2.45, 2.75) is 26.7 Å². The zero-order valence-corrected chi connectivity index (χ0v) is 16.0. The first kappa shape index (κ1) is 18.1. The summed E-state index contributed by atoms with van der Waals surface area (Å²) in [6.07, 6.45) is 1.69. The van der Waals surface area contributed by atoms with Gasteiger partial charge >= 0.3 is 5.97 Å². The highest BCUT2D eigenvalue weighted by Crippen LogP contribution is 2.27. The second kappa shape index (κ2) is 7.79. The van der Waals surface area contributed by atoms with Gasteiger partial charge in [-0.3, -0.25) is 4.79 Å². The second-order valence-electron chi connectivity index (χ2n) is 6.90. The highest BCUT2D eigenvalue weighted by molar-refractivity contribution is 5.85. The Morgan fingerprint density at radius 2 is 2.11 bits per heavy atom. The molecule has 1 aliphatic rings. The third kappa shape index (κ3) is 3.73. The fraction of sp³-hybridized carbons (Fsp3) is 0.421. The number of carbonyl (C=O) groups excluding carboxylic acids is 1. The highest BCUT2D eigenvalue weighted by Gasteiger charge is 2.29. The van der Waals surface area contributed by atoms with Gasteiger partial charge < -0.3 is 15.0 Å². The van der Waals surface area contributed by atoms with E-state index in [0.29, 0.717) is 36.1 Å². The minimum Gasteiger partial charge on any atom is -0.466 e. The number of fused-ring (bicyclic) bond motifs is 1.